The number of hydrogen-bond donors (Lipinski definition) is 1. The zero-order valence-electron chi connectivity index (χ0n) is 13.0. The van der Waals surface area contributed by atoms with Gasteiger partial charge in [-0.1, -0.05) is 18.2 Å². The molecule has 0 aliphatic carbocycles. The van der Waals surface area contributed by atoms with Crippen LogP contribution in [0.3, 0.4) is 0 Å². The van der Waals surface area contributed by atoms with E-state index in [1.54, 1.807) is 18.6 Å². The van der Waals surface area contributed by atoms with Crippen molar-refractivity contribution < 1.29 is 14.6 Å². The Bertz CT molecular complexity index is 682. The summed E-state index contributed by atoms with van der Waals surface area (Å²) in [5.41, 5.74) is -0.255. The summed E-state index contributed by atoms with van der Waals surface area (Å²) >= 11 is 0. The molecule has 23 heavy (non-hydrogen) atoms. The monoisotopic (exact) mass is 313 g/mol. The third kappa shape index (κ3) is 3.11. The fraction of sp³-hybridized carbons (Fsp3) is 0.353. The first kappa shape index (κ1) is 15.3. The van der Waals surface area contributed by atoms with Crippen LogP contribution in [0.2, 0.25) is 0 Å². The number of para-hydroxylation sites is 1. The summed E-state index contributed by atoms with van der Waals surface area (Å²) in [6.45, 7) is 3.05. The number of carbonyl (C=O) groups is 1. The van der Waals surface area contributed by atoms with Crippen molar-refractivity contribution in [2.75, 3.05) is 18.0 Å². The highest BCUT2D eigenvalue weighted by Crippen LogP contribution is 2.32. The van der Waals surface area contributed by atoms with Gasteiger partial charge in [0.1, 0.15) is 11.6 Å². The minimum atomic E-state index is -1.19. The van der Waals surface area contributed by atoms with Gasteiger partial charge in [-0.15, -0.1) is 0 Å². The van der Waals surface area contributed by atoms with Gasteiger partial charge < -0.3 is 14.7 Å². The van der Waals surface area contributed by atoms with Crippen LogP contribution in [0.25, 0.3) is 0 Å². The molecule has 1 fully saturated rings. The minimum absolute atomic E-state index is 0.396. The maximum Gasteiger partial charge on any atom is 0.348 e. The van der Waals surface area contributed by atoms with Crippen molar-refractivity contribution in [2.45, 2.75) is 25.4 Å². The van der Waals surface area contributed by atoms with E-state index < -0.39 is 11.6 Å². The highest BCUT2D eigenvalue weighted by Gasteiger charge is 2.44. The van der Waals surface area contributed by atoms with Gasteiger partial charge >= 0.3 is 5.97 Å². The van der Waals surface area contributed by atoms with E-state index in [9.17, 15) is 9.90 Å². The van der Waals surface area contributed by atoms with E-state index in [1.807, 2.05) is 36.1 Å². The van der Waals surface area contributed by atoms with E-state index in [-0.39, 0.29) is 0 Å². The molecular formula is C17H19N3O3. The molecule has 2 heterocycles. The maximum atomic E-state index is 11.9. The summed E-state index contributed by atoms with van der Waals surface area (Å²) in [5, 5.41) is 9.73. The Labute approximate surface area is 134 Å². The molecule has 1 aliphatic heterocycles. The van der Waals surface area contributed by atoms with Crippen LogP contribution in [0.1, 0.15) is 18.4 Å². The van der Waals surface area contributed by atoms with Crippen molar-refractivity contribution in [3.05, 3.63) is 48.4 Å². The number of benzene rings is 1. The number of piperidine rings is 1. The molecule has 0 spiro atoms. The molecule has 2 aromatic rings. The molecule has 1 aromatic heterocycles. The summed E-state index contributed by atoms with van der Waals surface area (Å²) in [4.78, 5) is 22.2. The van der Waals surface area contributed by atoms with Crippen LogP contribution in [-0.4, -0.2) is 39.7 Å². The molecule has 1 aromatic carbocycles. The lowest BCUT2D eigenvalue weighted by atomic mass is 9.91. The molecule has 0 atom stereocenters. The Morgan fingerprint density at radius 2 is 2.00 bits per heavy atom. The van der Waals surface area contributed by atoms with Crippen LogP contribution < -0.4 is 9.64 Å². The lowest BCUT2D eigenvalue weighted by Gasteiger charge is -2.39. The van der Waals surface area contributed by atoms with Gasteiger partial charge in [0, 0.05) is 38.3 Å². The first-order valence-electron chi connectivity index (χ1n) is 7.60. The number of hydrogen-bond acceptors (Lipinski definition) is 5. The third-order valence-corrected chi connectivity index (χ3v) is 4.23. The van der Waals surface area contributed by atoms with E-state index in [1.165, 1.54) is 0 Å². The molecule has 0 saturated carbocycles. The highest BCUT2D eigenvalue weighted by atomic mass is 16.5. The van der Waals surface area contributed by atoms with Crippen LogP contribution in [0, 0.1) is 6.92 Å². The molecule has 1 aliphatic rings. The van der Waals surface area contributed by atoms with Crippen molar-refractivity contribution >= 4 is 11.8 Å². The number of rotatable bonds is 4. The Hall–Kier alpha value is -2.63. The molecule has 0 bridgehead atoms. The van der Waals surface area contributed by atoms with Crippen LogP contribution in [0.5, 0.6) is 5.75 Å². The first-order chi connectivity index (χ1) is 11.1. The summed E-state index contributed by atoms with van der Waals surface area (Å²) in [6, 6.07) is 7.49. The second-order valence-electron chi connectivity index (χ2n) is 5.72. The third-order valence-electron chi connectivity index (χ3n) is 4.23. The molecule has 0 amide bonds. The van der Waals surface area contributed by atoms with Gasteiger partial charge in [-0.3, -0.25) is 4.98 Å². The fourth-order valence-corrected chi connectivity index (χ4v) is 2.79. The Morgan fingerprint density at radius 1 is 1.26 bits per heavy atom. The summed E-state index contributed by atoms with van der Waals surface area (Å²) in [6.07, 6.45) is 5.74. The smallest absolute Gasteiger partial charge is 0.348 e. The quantitative estimate of drug-likeness (QED) is 0.933. The summed E-state index contributed by atoms with van der Waals surface area (Å²) in [5.74, 6) is 0.477. The van der Waals surface area contributed by atoms with E-state index >= 15 is 0 Å². The van der Waals surface area contributed by atoms with Gasteiger partial charge in [0.2, 0.25) is 5.60 Å². The van der Waals surface area contributed by atoms with E-state index in [4.69, 9.17) is 4.74 Å². The van der Waals surface area contributed by atoms with Crippen molar-refractivity contribution in [3.63, 3.8) is 0 Å². The average Bonchev–Trinajstić information content (AvgIpc) is 2.58. The van der Waals surface area contributed by atoms with Gasteiger partial charge in [-0.25, -0.2) is 9.78 Å². The zero-order valence-corrected chi connectivity index (χ0v) is 13.0. The minimum Gasteiger partial charge on any atom is -0.478 e. The lowest BCUT2D eigenvalue weighted by molar-refractivity contribution is -0.157. The Balaban J connectivity index is 1.77. The van der Waals surface area contributed by atoms with E-state index in [0.29, 0.717) is 31.7 Å². The predicted octanol–water partition coefficient (Wildman–Crippen LogP) is 2.29. The topological polar surface area (TPSA) is 75.6 Å². The number of anilines is 1. The molecule has 1 saturated heterocycles. The van der Waals surface area contributed by atoms with Crippen LogP contribution in [-0.2, 0) is 4.79 Å². The number of nitrogens with zero attached hydrogens (tertiary/aromatic N) is 3. The molecule has 1 N–H and O–H groups in total. The van der Waals surface area contributed by atoms with Crippen molar-refractivity contribution in [2.24, 2.45) is 0 Å². The van der Waals surface area contributed by atoms with Crippen LogP contribution in [0.4, 0.5) is 5.82 Å². The zero-order chi connectivity index (χ0) is 16.3. The van der Waals surface area contributed by atoms with Gasteiger partial charge in [0.25, 0.3) is 0 Å². The number of aryl methyl sites for hydroxylation is 1. The largest absolute Gasteiger partial charge is 0.478 e. The number of carboxylic acids is 1. The molecule has 6 nitrogen and oxygen atoms in total. The number of carboxylic acid groups (broad SMARTS) is 1. The molecule has 0 unspecified atom stereocenters. The molecule has 120 valence electrons. The first-order valence-corrected chi connectivity index (χ1v) is 7.60. The Morgan fingerprint density at radius 3 is 2.61 bits per heavy atom. The number of aromatic nitrogens is 2. The van der Waals surface area contributed by atoms with Crippen LogP contribution >= 0.6 is 0 Å². The maximum absolute atomic E-state index is 11.9. The SMILES string of the molecule is Cc1ccccc1OC1(C(=O)O)CCN(c2cnccn2)CC1. The van der Waals surface area contributed by atoms with Crippen molar-refractivity contribution in [1.82, 2.24) is 9.97 Å². The summed E-state index contributed by atoms with van der Waals surface area (Å²) in [7, 11) is 0. The second kappa shape index (κ2) is 6.24. The standard InChI is InChI=1S/C17H19N3O3/c1-13-4-2-3-5-14(13)23-17(16(21)22)6-10-20(11-7-17)15-12-18-8-9-19-15/h2-5,8-9,12H,6-7,10-11H2,1H3,(H,21,22). The normalized spacial score (nSPS) is 16.8. The van der Waals surface area contributed by atoms with Gasteiger partial charge in [0.15, 0.2) is 0 Å². The lowest BCUT2D eigenvalue weighted by Crippen LogP contribution is -2.53. The number of ether oxygens (including phenoxy) is 1. The molecule has 6 heteroatoms. The molecule has 3 rings (SSSR count). The Kier molecular flexibility index (Phi) is 4.14. The van der Waals surface area contributed by atoms with Crippen molar-refractivity contribution in [1.29, 1.82) is 0 Å². The average molecular weight is 313 g/mol. The predicted molar refractivity (Wildman–Crippen MR) is 85.7 cm³/mol. The van der Waals surface area contributed by atoms with Gasteiger partial charge in [-0.05, 0) is 18.6 Å². The highest BCUT2D eigenvalue weighted by molar-refractivity contribution is 5.78. The fourth-order valence-electron chi connectivity index (χ4n) is 2.79. The summed E-state index contributed by atoms with van der Waals surface area (Å²) < 4.78 is 5.96. The van der Waals surface area contributed by atoms with Gasteiger partial charge in [0.05, 0.1) is 6.20 Å². The number of aliphatic carboxylic acids is 1. The van der Waals surface area contributed by atoms with E-state index in [2.05, 4.69) is 9.97 Å². The van der Waals surface area contributed by atoms with Gasteiger partial charge in [-0.2, -0.15) is 0 Å². The molecular weight excluding hydrogens is 294 g/mol. The van der Waals surface area contributed by atoms with Crippen molar-refractivity contribution in [3.8, 4) is 5.75 Å². The van der Waals surface area contributed by atoms with Crippen LogP contribution in [0.15, 0.2) is 42.9 Å². The second-order valence-corrected chi connectivity index (χ2v) is 5.72. The van der Waals surface area contributed by atoms with E-state index in [0.717, 1.165) is 11.4 Å². The molecule has 0 radical (unpaired) electrons.